The van der Waals surface area contributed by atoms with E-state index in [-0.39, 0.29) is 11.4 Å². The molecule has 2 fully saturated rings. The molecular formula is C20H22N5O5P. The number of nitro groups is 1. The van der Waals surface area contributed by atoms with Gasteiger partial charge in [0.15, 0.2) is 0 Å². The van der Waals surface area contributed by atoms with Crippen LogP contribution in [0.15, 0.2) is 42.6 Å². The van der Waals surface area contributed by atoms with Gasteiger partial charge in [-0.05, 0) is 42.8 Å². The van der Waals surface area contributed by atoms with Crippen molar-refractivity contribution in [2.45, 2.75) is 13.0 Å². The van der Waals surface area contributed by atoms with Crippen LogP contribution >= 0.6 is 7.67 Å². The van der Waals surface area contributed by atoms with Gasteiger partial charge in [0.25, 0.3) is 0 Å². The molecule has 0 spiro atoms. The Kier molecular flexibility index (Phi) is 4.82. The first-order valence-electron chi connectivity index (χ1n) is 10.0. The fraction of sp³-hybridized carbons (Fsp3) is 0.350. The molecule has 1 unspecified atom stereocenters. The minimum Gasteiger partial charge on any atom is -0.450 e. The maximum Gasteiger partial charge on any atom is 0.346 e. The molecule has 0 bridgehead atoms. The van der Waals surface area contributed by atoms with Gasteiger partial charge in [-0.3, -0.25) is 23.9 Å². The predicted molar refractivity (Wildman–Crippen MR) is 114 cm³/mol. The zero-order valence-electron chi connectivity index (χ0n) is 17.2. The van der Waals surface area contributed by atoms with E-state index in [0.29, 0.717) is 11.3 Å². The molecule has 1 aromatic heterocycles. The normalized spacial score (nSPS) is 17.6. The summed E-state index contributed by atoms with van der Waals surface area (Å²) in [7, 11) is -1.18. The number of rotatable bonds is 8. The van der Waals surface area contributed by atoms with Gasteiger partial charge in [-0.25, -0.2) is 9.34 Å². The van der Waals surface area contributed by atoms with Gasteiger partial charge in [0.05, 0.1) is 22.7 Å². The Bertz CT molecular complexity index is 1200. The molecule has 3 heterocycles. The summed E-state index contributed by atoms with van der Waals surface area (Å²) in [5.41, 5.74) is 1.44. The van der Waals surface area contributed by atoms with E-state index < -0.39 is 18.7 Å². The lowest BCUT2D eigenvalue weighted by atomic mass is 10.1. The summed E-state index contributed by atoms with van der Waals surface area (Å²) in [4.78, 5) is 11.1. The van der Waals surface area contributed by atoms with Crippen molar-refractivity contribution in [1.29, 1.82) is 0 Å². The summed E-state index contributed by atoms with van der Waals surface area (Å²) < 4.78 is 30.6. The molecule has 0 N–H and O–H groups in total. The average molecular weight is 443 g/mol. The van der Waals surface area contributed by atoms with Crippen molar-refractivity contribution in [1.82, 2.24) is 19.1 Å². The van der Waals surface area contributed by atoms with Gasteiger partial charge < -0.3 is 4.74 Å². The maximum atomic E-state index is 13.3. The minimum atomic E-state index is -3.02. The highest BCUT2D eigenvalue weighted by atomic mass is 31.2. The maximum absolute atomic E-state index is 13.3. The topological polar surface area (TPSA) is 103 Å². The Morgan fingerprint density at radius 1 is 1.13 bits per heavy atom. The van der Waals surface area contributed by atoms with Crippen LogP contribution in [0.1, 0.15) is 18.6 Å². The van der Waals surface area contributed by atoms with Gasteiger partial charge >= 0.3 is 13.4 Å². The molecule has 10 nitrogen and oxygen atoms in total. The second kappa shape index (κ2) is 7.42. The second-order valence-corrected chi connectivity index (χ2v) is 10.0. The molecule has 0 aliphatic carbocycles. The molecule has 3 aromatic rings. The summed E-state index contributed by atoms with van der Waals surface area (Å²) in [6.07, 6.45) is 1.19. The van der Waals surface area contributed by atoms with Crippen molar-refractivity contribution in [3.05, 3.63) is 58.3 Å². The third-order valence-corrected chi connectivity index (χ3v) is 8.27. The second-order valence-electron chi connectivity index (χ2n) is 7.72. The Hall–Kier alpha value is -2.78. The number of aromatic nitrogens is 2. The van der Waals surface area contributed by atoms with Gasteiger partial charge in [0, 0.05) is 44.7 Å². The molecule has 2 aliphatic rings. The summed E-state index contributed by atoms with van der Waals surface area (Å²) in [6.45, 7) is 4.82. The SMILES string of the molecule is CC(OP(=O)(N1CC1)N1CC1)c1ccc([N+](=O)[O-])c(Oc2ccc3c(cnn3C)c2)c1. The zero-order valence-corrected chi connectivity index (χ0v) is 18.1. The van der Waals surface area contributed by atoms with E-state index in [4.69, 9.17) is 9.26 Å². The summed E-state index contributed by atoms with van der Waals surface area (Å²) in [5.74, 6) is 0.572. The number of hydrogen-bond acceptors (Lipinski definition) is 6. The Morgan fingerprint density at radius 2 is 1.84 bits per heavy atom. The van der Waals surface area contributed by atoms with Gasteiger partial charge in [-0.15, -0.1) is 0 Å². The van der Waals surface area contributed by atoms with E-state index in [0.717, 1.165) is 37.1 Å². The first-order valence-corrected chi connectivity index (χ1v) is 11.6. The first kappa shape index (κ1) is 20.1. The molecule has 5 rings (SSSR count). The highest BCUT2D eigenvalue weighted by Gasteiger charge is 2.50. The van der Waals surface area contributed by atoms with E-state index in [1.54, 1.807) is 42.1 Å². The molecular weight excluding hydrogens is 421 g/mol. The third kappa shape index (κ3) is 3.83. The molecule has 0 amide bonds. The lowest BCUT2D eigenvalue weighted by Crippen LogP contribution is -2.10. The Morgan fingerprint density at radius 3 is 2.48 bits per heavy atom. The molecule has 0 saturated carbocycles. The molecule has 11 heteroatoms. The predicted octanol–water partition coefficient (Wildman–Crippen LogP) is 4.09. The van der Waals surface area contributed by atoms with Crippen molar-refractivity contribution in [2.75, 3.05) is 26.2 Å². The van der Waals surface area contributed by atoms with E-state index in [1.165, 1.54) is 6.07 Å². The number of fused-ring (bicyclic) bond motifs is 1. The number of hydrogen-bond donors (Lipinski definition) is 0. The van der Waals surface area contributed by atoms with Crippen LogP contribution in [0.25, 0.3) is 10.9 Å². The number of ether oxygens (including phenoxy) is 1. The van der Waals surface area contributed by atoms with Crippen LogP contribution < -0.4 is 4.74 Å². The van der Waals surface area contributed by atoms with E-state index in [2.05, 4.69) is 5.10 Å². The van der Waals surface area contributed by atoms with Crippen molar-refractivity contribution in [3.63, 3.8) is 0 Å². The molecule has 2 saturated heterocycles. The zero-order chi connectivity index (χ0) is 21.8. The van der Waals surface area contributed by atoms with Gasteiger partial charge in [0.2, 0.25) is 5.75 Å². The fourth-order valence-corrected chi connectivity index (χ4v) is 5.87. The summed E-state index contributed by atoms with van der Waals surface area (Å²) in [6, 6.07) is 9.99. The highest BCUT2D eigenvalue weighted by molar-refractivity contribution is 7.54. The molecule has 162 valence electrons. The van der Waals surface area contributed by atoms with Crippen LogP contribution in [0.4, 0.5) is 5.69 Å². The lowest BCUT2D eigenvalue weighted by molar-refractivity contribution is -0.385. The smallest absolute Gasteiger partial charge is 0.346 e. The van der Waals surface area contributed by atoms with E-state index in [1.807, 2.05) is 22.5 Å². The molecule has 31 heavy (non-hydrogen) atoms. The lowest BCUT2D eigenvalue weighted by Gasteiger charge is -2.24. The van der Waals surface area contributed by atoms with Crippen LogP contribution in [0, 0.1) is 10.1 Å². The monoisotopic (exact) mass is 443 g/mol. The van der Waals surface area contributed by atoms with Gasteiger partial charge in [-0.1, -0.05) is 0 Å². The van der Waals surface area contributed by atoms with E-state index >= 15 is 0 Å². The van der Waals surface area contributed by atoms with Crippen molar-refractivity contribution < 1.29 is 18.7 Å². The quantitative estimate of drug-likeness (QED) is 0.222. The number of aryl methyl sites for hydroxylation is 1. The number of benzene rings is 2. The molecule has 2 aliphatic heterocycles. The fourth-order valence-electron chi connectivity index (χ4n) is 3.52. The third-order valence-electron chi connectivity index (χ3n) is 5.45. The van der Waals surface area contributed by atoms with Gasteiger partial charge in [0.1, 0.15) is 5.75 Å². The van der Waals surface area contributed by atoms with Crippen LogP contribution in [0.3, 0.4) is 0 Å². The molecule has 2 aromatic carbocycles. The number of nitro benzene ring substituents is 1. The number of nitrogens with zero attached hydrogens (tertiary/aromatic N) is 5. The Balaban J connectivity index is 1.43. The summed E-state index contributed by atoms with van der Waals surface area (Å²) >= 11 is 0. The standard InChI is InChI=1S/C20H22N5O5P/c1-14(30-31(28,23-7-8-23)24-9-10-24)15-3-5-19(25(26)27)20(12-15)29-17-4-6-18-16(11-17)13-21-22(18)2/h3-6,11-14H,7-10H2,1-2H3. The van der Waals surface area contributed by atoms with E-state index in [9.17, 15) is 14.7 Å². The average Bonchev–Trinajstić information content (AvgIpc) is 3.65. The van der Waals surface area contributed by atoms with Crippen molar-refractivity contribution in [2.24, 2.45) is 7.05 Å². The Labute approximate surface area is 178 Å². The van der Waals surface area contributed by atoms with Crippen LogP contribution in [0.2, 0.25) is 0 Å². The van der Waals surface area contributed by atoms with Crippen LogP contribution in [-0.2, 0) is 16.1 Å². The first-order chi connectivity index (χ1) is 14.8. The van der Waals surface area contributed by atoms with Crippen LogP contribution in [0.5, 0.6) is 11.5 Å². The van der Waals surface area contributed by atoms with Gasteiger partial charge in [-0.2, -0.15) is 5.10 Å². The summed E-state index contributed by atoms with van der Waals surface area (Å²) in [5, 5.41) is 16.6. The molecule has 0 radical (unpaired) electrons. The highest BCUT2D eigenvalue weighted by Crippen LogP contribution is 2.63. The van der Waals surface area contributed by atoms with Crippen LogP contribution in [-0.4, -0.2) is 50.2 Å². The molecule has 1 atom stereocenters. The largest absolute Gasteiger partial charge is 0.450 e. The van der Waals surface area contributed by atoms with Crippen molar-refractivity contribution in [3.8, 4) is 11.5 Å². The minimum absolute atomic E-state index is 0.106. The van der Waals surface area contributed by atoms with Crippen molar-refractivity contribution >= 4 is 24.3 Å².